The number of nitrogens with two attached hydrogens (primary N) is 1. The van der Waals surface area contributed by atoms with E-state index in [0.29, 0.717) is 17.6 Å². The van der Waals surface area contributed by atoms with Gasteiger partial charge in [0.25, 0.3) is 0 Å². The maximum atomic E-state index is 6.04. The number of pyridine rings is 1. The highest BCUT2D eigenvalue weighted by molar-refractivity contribution is 5.61. The first-order chi connectivity index (χ1) is 8.50. The molecule has 0 fully saturated rings. The largest absolute Gasteiger partial charge is 0.383 e. The van der Waals surface area contributed by atoms with Crippen LogP contribution < -0.4 is 5.73 Å². The Labute approximate surface area is 107 Å². The third-order valence-corrected chi connectivity index (χ3v) is 3.02. The Hall–Kier alpha value is -1.97. The van der Waals surface area contributed by atoms with E-state index >= 15 is 0 Å². The molecule has 0 aliphatic carbocycles. The summed E-state index contributed by atoms with van der Waals surface area (Å²) in [6.07, 6.45) is 3.54. The molecule has 94 valence electrons. The van der Waals surface area contributed by atoms with Crippen LogP contribution in [-0.2, 0) is 0 Å². The van der Waals surface area contributed by atoms with E-state index in [9.17, 15) is 0 Å². The Bertz CT molecular complexity index is 553. The average Bonchev–Trinajstić information content (AvgIpc) is 2.27. The summed E-state index contributed by atoms with van der Waals surface area (Å²) in [6.45, 7) is 8.18. The van der Waals surface area contributed by atoms with Gasteiger partial charge in [0, 0.05) is 29.2 Å². The van der Waals surface area contributed by atoms with Crippen molar-refractivity contribution < 1.29 is 0 Å². The first kappa shape index (κ1) is 12.5. The summed E-state index contributed by atoms with van der Waals surface area (Å²) in [4.78, 5) is 13.1. The molecular formula is C14H18N4. The fourth-order valence-electron chi connectivity index (χ4n) is 2.14. The second kappa shape index (κ2) is 4.72. The quantitative estimate of drug-likeness (QED) is 0.879. The van der Waals surface area contributed by atoms with E-state index < -0.39 is 0 Å². The van der Waals surface area contributed by atoms with Crippen LogP contribution in [0, 0.1) is 13.8 Å². The third kappa shape index (κ3) is 2.18. The number of hydrogen-bond donors (Lipinski definition) is 1. The molecule has 18 heavy (non-hydrogen) atoms. The van der Waals surface area contributed by atoms with Crippen molar-refractivity contribution in [1.29, 1.82) is 0 Å². The number of nitrogens with zero attached hydrogens (tertiary/aromatic N) is 3. The second-order valence-electron chi connectivity index (χ2n) is 4.78. The molecule has 0 aliphatic rings. The summed E-state index contributed by atoms with van der Waals surface area (Å²) in [5.41, 5.74) is 10.0. The van der Waals surface area contributed by atoms with Crippen LogP contribution in [0.25, 0.3) is 11.4 Å². The molecule has 2 rings (SSSR count). The van der Waals surface area contributed by atoms with Gasteiger partial charge in [-0.15, -0.1) is 0 Å². The summed E-state index contributed by atoms with van der Waals surface area (Å²) in [7, 11) is 0. The highest BCUT2D eigenvalue weighted by Gasteiger charge is 2.14. The molecule has 0 aromatic carbocycles. The molecule has 0 saturated carbocycles. The number of hydrogen-bond acceptors (Lipinski definition) is 4. The van der Waals surface area contributed by atoms with Gasteiger partial charge in [-0.25, -0.2) is 9.97 Å². The van der Waals surface area contributed by atoms with Crippen LogP contribution in [0.2, 0.25) is 0 Å². The van der Waals surface area contributed by atoms with E-state index in [1.165, 1.54) is 0 Å². The predicted octanol–water partition coefficient (Wildman–Crippen LogP) is 2.86. The van der Waals surface area contributed by atoms with Crippen LogP contribution in [0.3, 0.4) is 0 Å². The van der Waals surface area contributed by atoms with Crippen molar-refractivity contribution in [3.63, 3.8) is 0 Å². The zero-order valence-electron chi connectivity index (χ0n) is 11.2. The molecule has 2 aromatic rings. The molecule has 0 atom stereocenters. The highest BCUT2D eigenvalue weighted by Crippen LogP contribution is 2.26. The van der Waals surface area contributed by atoms with E-state index in [1.54, 1.807) is 12.4 Å². The summed E-state index contributed by atoms with van der Waals surface area (Å²) >= 11 is 0. The SMILES string of the molecule is Cc1ccncc1-c1nc(C)c(C(C)C)c(N)n1. The first-order valence-electron chi connectivity index (χ1n) is 6.05. The van der Waals surface area contributed by atoms with Gasteiger partial charge in [0.2, 0.25) is 0 Å². The predicted molar refractivity (Wildman–Crippen MR) is 73.2 cm³/mol. The lowest BCUT2D eigenvalue weighted by Gasteiger charge is -2.13. The molecule has 2 N–H and O–H groups in total. The Morgan fingerprint density at radius 2 is 1.89 bits per heavy atom. The van der Waals surface area contributed by atoms with Crippen molar-refractivity contribution in [1.82, 2.24) is 15.0 Å². The van der Waals surface area contributed by atoms with Gasteiger partial charge in [-0.3, -0.25) is 4.98 Å². The molecule has 0 aliphatic heterocycles. The zero-order valence-corrected chi connectivity index (χ0v) is 11.2. The van der Waals surface area contributed by atoms with Crippen molar-refractivity contribution in [2.24, 2.45) is 0 Å². The number of anilines is 1. The van der Waals surface area contributed by atoms with Gasteiger partial charge >= 0.3 is 0 Å². The molecular weight excluding hydrogens is 224 g/mol. The monoisotopic (exact) mass is 242 g/mol. The van der Waals surface area contributed by atoms with Crippen molar-refractivity contribution in [2.45, 2.75) is 33.6 Å². The van der Waals surface area contributed by atoms with Crippen LogP contribution in [0.1, 0.15) is 36.6 Å². The average molecular weight is 242 g/mol. The highest BCUT2D eigenvalue weighted by atomic mass is 15.0. The molecule has 0 unspecified atom stereocenters. The van der Waals surface area contributed by atoms with E-state index in [-0.39, 0.29) is 0 Å². The van der Waals surface area contributed by atoms with E-state index in [0.717, 1.165) is 22.4 Å². The lowest BCUT2D eigenvalue weighted by atomic mass is 10.0. The lowest BCUT2D eigenvalue weighted by Crippen LogP contribution is -2.07. The molecule has 4 nitrogen and oxygen atoms in total. The Morgan fingerprint density at radius 3 is 2.44 bits per heavy atom. The van der Waals surface area contributed by atoms with Crippen LogP contribution in [-0.4, -0.2) is 15.0 Å². The Kier molecular flexibility index (Phi) is 3.28. The van der Waals surface area contributed by atoms with E-state index in [2.05, 4.69) is 28.8 Å². The van der Waals surface area contributed by atoms with Gasteiger partial charge in [0.15, 0.2) is 5.82 Å². The normalized spacial score (nSPS) is 10.9. The molecule has 2 heterocycles. The maximum Gasteiger partial charge on any atom is 0.163 e. The summed E-state index contributed by atoms with van der Waals surface area (Å²) < 4.78 is 0. The van der Waals surface area contributed by atoms with Crippen molar-refractivity contribution >= 4 is 5.82 Å². The van der Waals surface area contributed by atoms with Gasteiger partial charge in [-0.2, -0.15) is 0 Å². The number of aryl methyl sites for hydroxylation is 2. The van der Waals surface area contributed by atoms with Crippen molar-refractivity contribution in [3.8, 4) is 11.4 Å². The third-order valence-electron chi connectivity index (χ3n) is 3.02. The maximum absolute atomic E-state index is 6.04. The van der Waals surface area contributed by atoms with E-state index in [1.807, 2.05) is 19.9 Å². The van der Waals surface area contributed by atoms with Crippen LogP contribution >= 0.6 is 0 Å². The smallest absolute Gasteiger partial charge is 0.163 e. The van der Waals surface area contributed by atoms with Crippen molar-refractivity contribution in [2.75, 3.05) is 5.73 Å². The summed E-state index contributed by atoms with van der Waals surface area (Å²) in [5.74, 6) is 1.55. The number of aromatic nitrogens is 3. The number of nitrogen functional groups attached to an aromatic ring is 1. The van der Waals surface area contributed by atoms with Gasteiger partial charge in [-0.1, -0.05) is 13.8 Å². The lowest BCUT2D eigenvalue weighted by molar-refractivity contribution is 0.836. The molecule has 4 heteroatoms. The zero-order chi connectivity index (χ0) is 13.3. The fourth-order valence-corrected chi connectivity index (χ4v) is 2.14. The van der Waals surface area contributed by atoms with Gasteiger partial charge in [0.1, 0.15) is 5.82 Å². The molecule has 0 spiro atoms. The Morgan fingerprint density at radius 1 is 1.17 bits per heavy atom. The molecule has 0 saturated heterocycles. The standard InChI is InChI=1S/C14H18N4/c1-8(2)12-10(4)17-14(18-13(12)15)11-7-16-6-5-9(11)3/h5-8H,1-4H3,(H2,15,17,18). The molecule has 2 aromatic heterocycles. The van der Waals surface area contributed by atoms with E-state index in [4.69, 9.17) is 5.73 Å². The fraction of sp³-hybridized carbons (Fsp3) is 0.357. The minimum atomic E-state index is 0.328. The molecule has 0 bridgehead atoms. The first-order valence-corrected chi connectivity index (χ1v) is 6.05. The van der Waals surface area contributed by atoms with Crippen LogP contribution in [0.5, 0.6) is 0 Å². The minimum absolute atomic E-state index is 0.328. The summed E-state index contributed by atoms with van der Waals surface area (Å²) in [6, 6.07) is 1.95. The number of rotatable bonds is 2. The van der Waals surface area contributed by atoms with Gasteiger partial charge in [-0.05, 0) is 31.4 Å². The molecule has 0 amide bonds. The van der Waals surface area contributed by atoms with Crippen molar-refractivity contribution in [3.05, 3.63) is 35.3 Å². The topological polar surface area (TPSA) is 64.7 Å². The van der Waals surface area contributed by atoms with Gasteiger partial charge < -0.3 is 5.73 Å². The van der Waals surface area contributed by atoms with Crippen LogP contribution in [0.4, 0.5) is 5.82 Å². The van der Waals surface area contributed by atoms with Gasteiger partial charge in [0.05, 0.1) is 0 Å². The summed E-state index contributed by atoms with van der Waals surface area (Å²) in [5, 5.41) is 0. The Balaban J connectivity index is 2.59. The second-order valence-corrected chi connectivity index (χ2v) is 4.78. The minimum Gasteiger partial charge on any atom is -0.383 e. The molecule has 0 radical (unpaired) electrons. The van der Waals surface area contributed by atoms with Crippen LogP contribution in [0.15, 0.2) is 18.5 Å².